The number of carbonyl (C=O) groups is 2. The van der Waals surface area contributed by atoms with Gasteiger partial charge in [0.1, 0.15) is 23.7 Å². The predicted molar refractivity (Wildman–Crippen MR) is 139 cm³/mol. The molecule has 3 N–H and O–H groups in total. The van der Waals surface area contributed by atoms with Gasteiger partial charge in [0.2, 0.25) is 5.91 Å². The van der Waals surface area contributed by atoms with Crippen molar-refractivity contribution in [3.63, 3.8) is 0 Å². The van der Waals surface area contributed by atoms with Crippen molar-refractivity contribution in [2.45, 2.75) is 31.7 Å². The molecule has 0 radical (unpaired) electrons. The van der Waals surface area contributed by atoms with Crippen LogP contribution in [0.25, 0.3) is 0 Å². The first kappa shape index (κ1) is 24.8. The van der Waals surface area contributed by atoms with Gasteiger partial charge in [0.25, 0.3) is 0 Å². The SMILES string of the molecule is COc1cc2c3cc1Oc1ccc(C(=O)O)c(c1)OC/C=C/Cc1csc(n1)NC(=O)C[C@@]3(C)NCC2. The predicted octanol–water partition coefficient (Wildman–Crippen LogP) is 4.52. The van der Waals surface area contributed by atoms with Crippen LogP contribution in [0.3, 0.4) is 0 Å². The van der Waals surface area contributed by atoms with Crippen LogP contribution in [0.1, 0.15) is 40.5 Å². The number of carboxylic acid groups (broad SMARTS) is 1. The molecule has 0 unspecified atom stereocenters. The minimum Gasteiger partial charge on any atom is -0.493 e. The van der Waals surface area contributed by atoms with E-state index in [1.54, 1.807) is 25.3 Å². The van der Waals surface area contributed by atoms with Crippen LogP contribution in [-0.2, 0) is 23.2 Å². The summed E-state index contributed by atoms with van der Waals surface area (Å²) < 4.78 is 17.6. The lowest BCUT2D eigenvalue weighted by molar-refractivity contribution is -0.117. The third kappa shape index (κ3) is 5.30. The Labute approximate surface area is 218 Å². The normalized spacial score (nSPS) is 20.2. The Bertz CT molecular complexity index is 1380. The van der Waals surface area contributed by atoms with Gasteiger partial charge in [-0.3, -0.25) is 4.79 Å². The number of amides is 1. The summed E-state index contributed by atoms with van der Waals surface area (Å²) in [6.45, 7) is 2.88. The van der Waals surface area contributed by atoms with E-state index in [2.05, 4.69) is 15.6 Å². The minimum absolute atomic E-state index is 0.0366. The zero-order valence-electron chi connectivity index (χ0n) is 20.5. The number of nitrogens with one attached hydrogen (secondary N) is 2. The van der Waals surface area contributed by atoms with Crippen molar-refractivity contribution in [2.75, 3.05) is 25.6 Å². The van der Waals surface area contributed by atoms with Crippen molar-refractivity contribution in [3.05, 3.63) is 70.2 Å². The molecule has 10 heteroatoms. The Morgan fingerprint density at radius 1 is 1.22 bits per heavy atom. The Morgan fingerprint density at radius 2 is 2.08 bits per heavy atom. The summed E-state index contributed by atoms with van der Waals surface area (Å²) in [7, 11) is 1.57. The Kier molecular flexibility index (Phi) is 6.86. The van der Waals surface area contributed by atoms with Crippen molar-refractivity contribution >= 4 is 28.3 Å². The third-order valence-corrected chi connectivity index (χ3v) is 7.25. The monoisotopic (exact) mass is 521 g/mol. The maximum Gasteiger partial charge on any atom is 0.339 e. The summed E-state index contributed by atoms with van der Waals surface area (Å²) in [6, 6.07) is 8.42. The average Bonchev–Trinajstić information content (AvgIpc) is 3.30. The molecule has 2 aromatic carbocycles. The standard InChI is InChI=1S/C27H27N3O6S/c1-27-14-24(31)30-26-29-17(15-37-26)5-3-4-10-35-21-12-18(6-7-19(21)25(32)33)36-23-13-20(27)16(8-9-28-27)11-22(23)34-2/h3-4,6-7,11-13,15,28H,5,8-10,14H2,1-2H3,(H,32,33)(H,29,30,31)/b4-3+/t27-/m1/s1. The highest BCUT2D eigenvalue weighted by Crippen LogP contribution is 2.41. The molecule has 0 saturated carbocycles. The number of anilines is 1. The van der Waals surface area contributed by atoms with Gasteiger partial charge >= 0.3 is 5.97 Å². The van der Waals surface area contributed by atoms with Gasteiger partial charge in [-0.1, -0.05) is 12.2 Å². The summed E-state index contributed by atoms with van der Waals surface area (Å²) in [5.41, 5.74) is 2.21. The van der Waals surface area contributed by atoms with E-state index < -0.39 is 11.5 Å². The first-order valence-electron chi connectivity index (χ1n) is 11.9. The summed E-state index contributed by atoms with van der Waals surface area (Å²) in [5, 5.41) is 18.5. The molecule has 3 aromatic rings. The van der Waals surface area contributed by atoms with Gasteiger partial charge in [-0.15, -0.1) is 11.3 Å². The van der Waals surface area contributed by atoms with Gasteiger partial charge < -0.3 is 30.0 Å². The second kappa shape index (κ2) is 10.2. The molecule has 2 aliphatic rings. The minimum atomic E-state index is -1.09. The zero-order valence-corrected chi connectivity index (χ0v) is 21.3. The molecule has 1 aromatic heterocycles. The second-order valence-corrected chi connectivity index (χ2v) is 9.95. The van der Waals surface area contributed by atoms with E-state index in [0.29, 0.717) is 35.3 Å². The number of benzene rings is 2. The van der Waals surface area contributed by atoms with Crippen LogP contribution in [0, 0.1) is 0 Å². The summed E-state index contributed by atoms with van der Waals surface area (Å²) in [4.78, 5) is 29.3. The lowest BCUT2D eigenvalue weighted by Gasteiger charge is -2.37. The van der Waals surface area contributed by atoms with Gasteiger partial charge in [0, 0.05) is 36.4 Å². The van der Waals surface area contributed by atoms with Crippen LogP contribution in [0.4, 0.5) is 5.13 Å². The number of hydrogen-bond donors (Lipinski definition) is 3. The Morgan fingerprint density at radius 3 is 2.89 bits per heavy atom. The fourth-order valence-electron chi connectivity index (χ4n) is 4.63. The molecule has 1 amide bonds. The van der Waals surface area contributed by atoms with E-state index in [1.807, 2.05) is 30.5 Å². The maximum absolute atomic E-state index is 13.0. The van der Waals surface area contributed by atoms with Crippen molar-refractivity contribution in [1.82, 2.24) is 10.3 Å². The van der Waals surface area contributed by atoms with Gasteiger partial charge in [-0.05, 0) is 48.7 Å². The largest absolute Gasteiger partial charge is 0.493 e. The number of carbonyl (C=O) groups excluding carboxylic acids is 1. The van der Waals surface area contributed by atoms with E-state index in [4.69, 9.17) is 14.2 Å². The van der Waals surface area contributed by atoms with Gasteiger partial charge in [0.05, 0.1) is 12.8 Å². The van der Waals surface area contributed by atoms with Gasteiger partial charge in [-0.25, -0.2) is 9.78 Å². The zero-order chi connectivity index (χ0) is 26.0. The molecule has 6 bridgehead atoms. The fraction of sp³-hybridized carbons (Fsp3) is 0.296. The number of aromatic nitrogens is 1. The number of allylic oxidation sites excluding steroid dienone is 1. The first-order chi connectivity index (χ1) is 17.8. The number of thiazole rings is 1. The summed E-state index contributed by atoms with van der Waals surface area (Å²) in [6.07, 6.45) is 5.22. The molecule has 0 spiro atoms. The van der Waals surface area contributed by atoms with Crippen LogP contribution in [-0.4, -0.2) is 42.2 Å². The first-order valence-corrected chi connectivity index (χ1v) is 12.8. The van der Waals surface area contributed by atoms with E-state index in [-0.39, 0.29) is 30.2 Å². The molecule has 0 aliphatic carbocycles. The molecule has 1 atom stereocenters. The number of ether oxygens (including phenoxy) is 3. The van der Waals surface area contributed by atoms with Crippen molar-refractivity contribution < 1.29 is 28.9 Å². The molecular weight excluding hydrogens is 494 g/mol. The number of carboxylic acids is 1. The smallest absolute Gasteiger partial charge is 0.339 e. The molecule has 5 rings (SSSR count). The number of nitrogens with zero attached hydrogens (tertiary/aromatic N) is 1. The van der Waals surface area contributed by atoms with Crippen LogP contribution in [0.2, 0.25) is 0 Å². The summed E-state index contributed by atoms with van der Waals surface area (Å²) >= 11 is 1.37. The van der Waals surface area contributed by atoms with Crippen molar-refractivity contribution in [3.8, 4) is 23.0 Å². The van der Waals surface area contributed by atoms with E-state index in [9.17, 15) is 14.7 Å². The topological polar surface area (TPSA) is 119 Å². The molecular formula is C27H27N3O6S. The molecule has 9 nitrogen and oxygen atoms in total. The second-order valence-electron chi connectivity index (χ2n) is 9.09. The van der Waals surface area contributed by atoms with Crippen LogP contribution >= 0.6 is 11.3 Å². The maximum atomic E-state index is 13.0. The molecule has 192 valence electrons. The van der Waals surface area contributed by atoms with E-state index in [0.717, 1.165) is 23.2 Å². The highest BCUT2D eigenvalue weighted by Gasteiger charge is 2.35. The fourth-order valence-corrected chi connectivity index (χ4v) is 5.37. The van der Waals surface area contributed by atoms with E-state index in [1.165, 1.54) is 17.4 Å². The van der Waals surface area contributed by atoms with Crippen molar-refractivity contribution in [1.29, 1.82) is 0 Å². The summed E-state index contributed by atoms with van der Waals surface area (Å²) in [5.74, 6) is 0.358. The lowest BCUT2D eigenvalue weighted by Crippen LogP contribution is -2.47. The number of aromatic carboxylic acids is 1. The number of hydrogen-bond acceptors (Lipinski definition) is 8. The molecule has 0 fully saturated rings. The van der Waals surface area contributed by atoms with Crippen LogP contribution < -0.4 is 24.8 Å². The van der Waals surface area contributed by atoms with Crippen LogP contribution in [0.5, 0.6) is 23.0 Å². The molecule has 3 heterocycles. The number of methoxy groups -OCH3 is 1. The van der Waals surface area contributed by atoms with Crippen LogP contribution in [0.15, 0.2) is 47.9 Å². The molecule has 0 saturated heterocycles. The Balaban J connectivity index is 1.58. The lowest BCUT2D eigenvalue weighted by atomic mass is 9.81. The highest BCUT2D eigenvalue weighted by atomic mass is 32.1. The highest BCUT2D eigenvalue weighted by molar-refractivity contribution is 7.13. The molecule has 37 heavy (non-hydrogen) atoms. The van der Waals surface area contributed by atoms with E-state index >= 15 is 0 Å². The van der Waals surface area contributed by atoms with Gasteiger partial charge in [0.15, 0.2) is 16.6 Å². The average molecular weight is 522 g/mol. The Hall–Kier alpha value is -3.89. The quantitative estimate of drug-likeness (QED) is 0.421. The third-order valence-electron chi connectivity index (χ3n) is 6.45. The number of rotatable bonds is 2. The van der Waals surface area contributed by atoms with Crippen molar-refractivity contribution in [2.24, 2.45) is 0 Å². The van der Waals surface area contributed by atoms with Gasteiger partial charge in [-0.2, -0.15) is 0 Å². The number of fused-ring (bicyclic) bond motifs is 5. The molecule has 2 aliphatic heterocycles.